The van der Waals surface area contributed by atoms with Crippen LogP contribution in [-0.2, 0) is 22.6 Å². The Morgan fingerprint density at radius 3 is 2.82 bits per heavy atom. The fraction of sp³-hybridized carbons (Fsp3) is 0.154. The predicted molar refractivity (Wildman–Crippen MR) is 130 cm³/mol. The minimum atomic E-state index is -0.598. The van der Waals surface area contributed by atoms with Crippen molar-refractivity contribution in [3.8, 4) is 5.75 Å². The molecule has 0 bridgehead atoms. The largest absolute Gasteiger partial charge is 0.479 e. The summed E-state index contributed by atoms with van der Waals surface area (Å²) in [5, 5.41) is 4.58. The normalized spacial score (nSPS) is 15.3. The van der Waals surface area contributed by atoms with Crippen molar-refractivity contribution < 1.29 is 14.3 Å². The number of halogens is 1. The summed E-state index contributed by atoms with van der Waals surface area (Å²) in [4.78, 5) is 30.6. The first kappa shape index (κ1) is 21.1. The number of nitrogens with one attached hydrogen (secondary N) is 2. The number of hydrogen-bond acceptors (Lipinski definition) is 3. The SMILES string of the molecule is CC1Oc2ccc(NC(=O)Cc3c[nH]c4ccccc34)cc2N(Cc2cccc(Cl)c2)C1=O. The Morgan fingerprint density at radius 1 is 1.12 bits per heavy atom. The van der Waals surface area contributed by atoms with Gasteiger partial charge in [0.15, 0.2) is 6.10 Å². The molecule has 33 heavy (non-hydrogen) atoms. The molecule has 7 heteroatoms. The number of fused-ring (bicyclic) bond motifs is 2. The monoisotopic (exact) mass is 459 g/mol. The smallest absolute Gasteiger partial charge is 0.268 e. The third kappa shape index (κ3) is 4.30. The maximum Gasteiger partial charge on any atom is 0.268 e. The first-order valence-electron chi connectivity index (χ1n) is 10.7. The molecule has 2 amide bonds. The van der Waals surface area contributed by atoms with Crippen molar-refractivity contribution in [3.63, 3.8) is 0 Å². The molecule has 1 aromatic heterocycles. The molecule has 1 aliphatic rings. The topological polar surface area (TPSA) is 74.4 Å². The number of carbonyl (C=O) groups is 2. The van der Waals surface area contributed by atoms with Crippen LogP contribution < -0.4 is 15.0 Å². The summed E-state index contributed by atoms with van der Waals surface area (Å²) in [5.74, 6) is 0.306. The fourth-order valence-corrected chi connectivity index (χ4v) is 4.33. The molecule has 166 valence electrons. The lowest BCUT2D eigenvalue weighted by atomic mass is 10.1. The fourth-order valence-electron chi connectivity index (χ4n) is 4.12. The van der Waals surface area contributed by atoms with E-state index in [1.165, 1.54) is 0 Å². The van der Waals surface area contributed by atoms with Crippen molar-refractivity contribution in [1.29, 1.82) is 0 Å². The summed E-state index contributed by atoms with van der Waals surface area (Å²) in [6, 6.07) is 20.6. The van der Waals surface area contributed by atoms with Crippen molar-refractivity contribution in [3.05, 3.63) is 89.1 Å². The molecule has 1 aliphatic heterocycles. The van der Waals surface area contributed by atoms with Crippen LogP contribution in [0.2, 0.25) is 5.02 Å². The van der Waals surface area contributed by atoms with Crippen molar-refractivity contribution >= 4 is 45.7 Å². The molecular formula is C26H22ClN3O3. The molecule has 4 aromatic rings. The maximum absolute atomic E-state index is 12.9. The predicted octanol–water partition coefficient (Wildman–Crippen LogP) is 5.32. The van der Waals surface area contributed by atoms with Gasteiger partial charge >= 0.3 is 0 Å². The summed E-state index contributed by atoms with van der Waals surface area (Å²) in [5.41, 5.74) is 4.04. The lowest BCUT2D eigenvalue weighted by Gasteiger charge is -2.33. The number of rotatable bonds is 5. The van der Waals surface area contributed by atoms with Gasteiger partial charge in [0.25, 0.3) is 5.91 Å². The average molecular weight is 460 g/mol. The third-order valence-corrected chi connectivity index (χ3v) is 5.94. The lowest BCUT2D eigenvalue weighted by molar-refractivity contribution is -0.125. The van der Waals surface area contributed by atoms with Gasteiger partial charge in [-0.2, -0.15) is 0 Å². The van der Waals surface area contributed by atoms with Crippen molar-refractivity contribution in [2.75, 3.05) is 10.2 Å². The van der Waals surface area contributed by atoms with Gasteiger partial charge in [0.1, 0.15) is 5.75 Å². The van der Waals surface area contributed by atoms with Gasteiger partial charge in [0.2, 0.25) is 5.91 Å². The van der Waals surface area contributed by atoms with Crippen molar-refractivity contribution in [2.24, 2.45) is 0 Å². The molecular weight excluding hydrogens is 438 g/mol. The highest BCUT2D eigenvalue weighted by molar-refractivity contribution is 6.30. The van der Waals surface area contributed by atoms with Crippen LogP contribution in [0.15, 0.2) is 72.9 Å². The van der Waals surface area contributed by atoms with Crippen molar-refractivity contribution in [1.82, 2.24) is 4.98 Å². The number of amides is 2. The molecule has 0 radical (unpaired) electrons. The molecule has 6 nitrogen and oxygen atoms in total. The second-order valence-electron chi connectivity index (χ2n) is 8.08. The molecule has 0 saturated carbocycles. The zero-order valence-electron chi connectivity index (χ0n) is 18.0. The van der Waals surface area contributed by atoms with Gasteiger partial charge in [-0.15, -0.1) is 0 Å². The molecule has 0 fully saturated rings. The average Bonchev–Trinajstić information content (AvgIpc) is 3.20. The van der Waals surface area contributed by atoms with Gasteiger partial charge in [-0.25, -0.2) is 0 Å². The number of para-hydroxylation sites is 1. The minimum Gasteiger partial charge on any atom is -0.479 e. The number of ether oxygens (including phenoxy) is 1. The maximum atomic E-state index is 12.9. The number of nitrogens with zero attached hydrogens (tertiary/aromatic N) is 1. The van der Waals surface area contributed by atoms with Crippen LogP contribution in [-0.4, -0.2) is 22.9 Å². The summed E-state index contributed by atoms with van der Waals surface area (Å²) < 4.78 is 5.80. The molecule has 0 saturated heterocycles. The van der Waals surface area contributed by atoms with E-state index in [0.29, 0.717) is 28.7 Å². The highest BCUT2D eigenvalue weighted by Crippen LogP contribution is 2.37. The second-order valence-corrected chi connectivity index (χ2v) is 8.52. The van der Waals surface area contributed by atoms with E-state index in [-0.39, 0.29) is 18.2 Å². The van der Waals surface area contributed by atoms with E-state index in [1.54, 1.807) is 36.1 Å². The Balaban J connectivity index is 1.38. The standard InChI is InChI=1S/C26H22ClN3O3/c1-16-26(32)30(15-17-5-4-6-19(27)11-17)23-13-20(9-10-24(23)33-16)29-25(31)12-18-14-28-22-8-3-2-7-21(18)22/h2-11,13-14,16,28H,12,15H2,1H3,(H,29,31). The molecule has 0 aliphatic carbocycles. The number of carbonyl (C=O) groups excluding carboxylic acids is 2. The molecule has 2 N–H and O–H groups in total. The van der Waals surface area contributed by atoms with Crippen LogP contribution in [0.25, 0.3) is 10.9 Å². The van der Waals surface area contributed by atoms with Crippen LogP contribution in [0.3, 0.4) is 0 Å². The van der Waals surface area contributed by atoms with Gasteiger partial charge in [-0.1, -0.05) is 41.9 Å². The number of hydrogen-bond donors (Lipinski definition) is 2. The highest BCUT2D eigenvalue weighted by Gasteiger charge is 2.32. The van der Waals surface area contributed by atoms with Crippen LogP contribution in [0.1, 0.15) is 18.1 Å². The minimum absolute atomic E-state index is 0.141. The van der Waals surface area contributed by atoms with Crippen LogP contribution in [0.4, 0.5) is 11.4 Å². The second kappa shape index (κ2) is 8.64. The zero-order valence-corrected chi connectivity index (χ0v) is 18.7. The Morgan fingerprint density at radius 2 is 1.97 bits per heavy atom. The first-order chi connectivity index (χ1) is 16.0. The van der Waals surface area contributed by atoms with Crippen LogP contribution in [0.5, 0.6) is 5.75 Å². The summed E-state index contributed by atoms with van der Waals surface area (Å²) in [6.07, 6.45) is 1.50. The first-order valence-corrected chi connectivity index (χ1v) is 11.1. The van der Waals surface area contributed by atoms with E-state index >= 15 is 0 Å². The summed E-state index contributed by atoms with van der Waals surface area (Å²) >= 11 is 6.13. The third-order valence-electron chi connectivity index (χ3n) is 5.71. The van der Waals surface area contributed by atoms with Gasteiger partial charge < -0.3 is 19.9 Å². The molecule has 5 rings (SSSR count). The molecule has 3 aromatic carbocycles. The Labute approximate surface area is 196 Å². The molecule has 1 unspecified atom stereocenters. The van der Waals surface area contributed by atoms with Crippen molar-refractivity contribution in [2.45, 2.75) is 26.0 Å². The quantitative estimate of drug-likeness (QED) is 0.424. The van der Waals surface area contributed by atoms with E-state index in [0.717, 1.165) is 22.0 Å². The number of aromatic amines is 1. The Hall–Kier alpha value is -3.77. The van der Waals surface area contributed by atoms with Gasteiger partial charge in [-0.3, -0.25) is 9.59 Å². The van der Waals surface area contributed by atoms with E-state index < -0.39 is 6.10 Å². The highest BCUT2D eigenvalue weighted by atomic mass is 35.5. The zero-order chi connectivity index (χ0) is 22.9. The number of H-pyrrole nitrogens is 1. The van der Waals surface area contributed by atoms with E-state index in [2.05, 4.69) is 10.3 Å². The van der Waals surface area contributed by atoms with Gasteiger partial charge in [0.05, 0.1) is 18.7 Å². The Bertz CT molecular complexity index is 1360. The van der Waals surface area contributed by atoms with Gasteiger partial charge in [0, 0.05) is 27.8 Å². The van der Waals surface area contributed by atoms with E-state index in [1.807, 2.05) is 48.7 Å². The number of anilines is 2. The lowest BCUT2D eigenvalue weighted by Crippen LogP contribution is -2.44. The van der Waals surface area contributed by atoms with E-state index in [9.17, 15) is 9.59 Å². The van der Waals surface area contributed by atoms with E-state index in [4.69, 9.17) is 16.3 Å². The molecule has 0 spiro atoms. The number of aromatic nitrogens is 1. The summed E-state index contributed by atoms with van der Waals surface area (Å²) in [7, 11) is 0. The molecule has 2 heterocycles. The summed E-state index contributed by atoms with van der Waals surface area (Å²) in [6.45, 7) is 2.08. The molecule has 1 atom stereocenters. The van der Waals surface area contributed by atoms with Crippen LogP contribution in [0, 0.1) is 0 Å². The number of benzene rings is 3. The van der Waals surface area contributed by atoms with Gasteiger partial charge in [-0.05, 0) is 54.4 Å². The Kier molecular flexibility index (Phi) is 5.52. The van der Waals surface area contributed by atoms with Crippen LogP contribution >= 0.6 is 11.6 Å².